The van der Waals surface area contributed by atoms with Gasteiger partial charge in [-0.2, -0.15) is 8.42 Å². The van der Waals surface area contributed by atoms with Crippen LogP contribution >= 0.6 is 22.9 Å². The fraction of sp³-hybridized carbons (Fsp3) is 0.167. The average Bonchev–Trinajstić information content (AvgIpc) is 3.02. The molecule has 1 heterocycles. The van der Waals surface area contributed by atoms with Gasteiger partial charge in [0.05, 0.1) is 16.4 Å². The van der Waals surface area contributed by atoms with Gasteiger partial charge in [0.1, 0.15) is 4.90 Å². The molecule has 0 aliphatic carbocycles. The van der Waals surface area contributed by atoms with Crippen LogP contribution in [0.15, 0.2) is 63.8 Å². The Kier molecular flexibility index (Phi) is 8.16. The van der Waals surface area contributed by atoms with Crippen LogP contribution in [-0.2, 0) is 27.4 Å². The molecule has 0 saturated heterocycles. The predicted octanol–water partition coefficient (Wildman–Crippen LogP) is 2.64. The minimum absolute atomic E-state index is 0.0921. The minimum Gasteiger partial charge on any atom is -0.320 e. The first-order valence-corrected chi connectivity index (χ1v) is 12.7. The van der Waals surface area contributed by atoms with Crippen LogP contribution in [0, 0.1) is 0 Å². The number of halogens is 1. The molecule has 31 heavy (non-hydrogen) atoms. The van der Waals surface area contributed by atoms with Crippen LogP contribution in [0.3, 0.4) is 0 Å². The van der Waals surface area contributed by atoms with Crippen LogP contribution in [0.4, 0.5) is 5.69 Å². The summed E-state index contributed by atoms with van der Waals surface area (Å²) in [5, 5.41) is 6.04. The molecule has 0 atom stereocenters. The average molecular weight is 505 g/mol. The molecule has 3 rings (SSSR count). The van der Waals surface area contributed by atoms with Crippen molar-refractivity contribution in [2.24, 2.45) is 17.2 Å². The standard InChI is InChI=1S/C18H18ClN3O2S2.H3NO3S/c1-21(2)26(23,24)17-11-13(9-10-15(17)19)16-12-25-18(22(16)3)20-14-7-5-4-6-8-14;1-5(2,3)4/h4-12H,1-3H3;(H3,1,2,3,4). The van der Waals surface area contributed by atoms with Gasteiger partial charge in [0, 0.05) is 32.1 Å². The third-order valence-corrected chi connectivity index (χ3v) is 7.10. The lowest BCUT2D eigenvalue weighted by Crippen LogP contribution is -2.22. The molecule has 0 radical (unpaired) electrons. The second kappa shape index (κ2) is 10.0. The maximum absolute atomic E-state index is 12.5. The van der Waals surface area contributed by atoms with E-state index in [2.05, 4.69) is 10.1 Å². The van der Waals surface area contributed by atoms with Gasteiger partial charge in [-0.3, -0.25) is 4.55 Å². The molecule has 13 heteroatoms. The second-order valence-electron chi connectivity index (χ2n) is 6.36. The molecular weight excluding hydrogens is 484 g/mol. The number of para-hydroxylation sites is 1. The number of nitrogens with two attached hydrogens (primary N) is 1. The Morgan fingerprint density at radius 1 is 1.10 bits per heavy atom. The van der Waals surface area contributed by atoms with Crippen molar-refractivity contribution < 1.29 is 21.4 Å². The van der Waals surface area contributed by atoms with E-state index in [1.807, 2.05) is 53.4 Å². The van der Waals surface area contributed by atoms with Crippen LogP contribution in [0.2, 0.25) is 5.02 Å². The zero-order valence-electron chi connectivity index (χ0n) is 16.8. The van der Waals surface area contributed by atoms with E-state index >= 15 is 0 Å². The van der Waals surface area contributed by atoms with E-state index in [1.165, 1.54) is 25.4 Å². The Morgan fingerprint density at radius 3 is 2.23 bits per heavy atom. The molecule has 0 amide bonds. The van der Waals surface area contributed by atoms with Crippen LogP contribution in [0.1, 0.15) is 0 Å². The third-order valence-electron chi connectivity index (χ3n) is 3.89. The second-order valence-corrected chi connectivity index (χ2v) is 10.8. The molecule has 0 bridgehead atoms. The number of hydrogen-bond acceptors (Lipinski definition) is 6. The van der Waals surface area contributed by atoms with Gasteiger partial charge in [0.25, 0.3) is 0 Å². The highest BCUT2D eigenvalue weighted by Gasteiger charge is 2.22. The molecule has 0 unspecified atom stereocenters. The lowest BCUT2D eigenvalue weighted by Gasteiger charge is -2.14. The summed E-state index contributed by atoms with van der Waals surface area (Å²) >= 11 is 7.63. The number of sulfonamides is 1. The van der Waals surface area contributed by atoms with Crippen LogP contribution in [0.25, 0.3) is 11.3 Å². The lowest BCUT2D eigenvalue weighted by atomic mass is 10.2. The highest BCUT2D eigenvalue weighted by atomic mass is 35.5. The van der Waals surface area contributed by atoms with E-state index in [4.69, 9.17) is 24.6 Å². The SMILES string of the molecule is CN(C)S(=O)(=O)c1cc(-c2csc(=Nc3ccccc3)n2C)ccc1Cl.NS(=O)(=O)O. The molecule has 168 valence electrons. The Bertz CT molecular complexity index is 1320. The van der Waals surface area contributed by atoms with Crippen LogP contribution in [0.5, 0.6) is 0 Å². The largest absolute Gasteiger partial charge is 0.330 e. The van der Waals surface area contributed by atoms with Gasteiger partial charge in [-0.1, -0.05) is 35.9 Å². The lowest BCUT2D eigenvalue weighted by molar-refractivity contribution is 0.485. The molecule has 1 aromatic heterocycles. The summed E-state index contributed by atoms with van der Waals surface area (Å²) in [4.78, 5) is 5.54. The highest BCUT2D eigenvalue weighted by Crippen LogP contribution is 2.29. The predicted molar refractivity (Wildman–Crippen MR) is 122 cm³/mol. The molecule has 0 aliphatic heterocycles. The summed E-state index contributed by atoms with van der Waals surface area (Å²) < 4.78 is 53.3. The molecular formula is C18H21ClN4O5S3. The first kappa shape index (κ1) is 25.2. The molecule has 0 fully saturated rings. The number of benzene rings is 2. The number of nitrogens with zero attached hydrogens (tertiary/aromatic N) is 3. The molecule has 2 aromatic carbocycles. The Morgan fingerprint density at radius 2 is 1.68 bits per heavy atom. The smallest absolute Gasteiger partial charge is 0.320 e. The first-order valence-electron chi connectivity index (χ1n) is 8.52. The van der Waals surface area contributed by atoms with Crippen molar-refractivity contribution in [1.82, 2.24) is 8.87 Å². The minimum atomic E-state index is -4.17. The van der Waals surface area contributed by atoms with Gasteiger partial charge in [0.15, 0.2) is 4.80 Å². The van der Waals surface area contributed by atoms with E-state index in [-0.39, 0.29) is 9.92 Å². The van der Waals surface area contributed by atoms with E-state index < -0.39 is 20.3 Å². The molecule has 3 aromatic rings. The van der Waals surface area contributed by atoms with Crippen molar-refractivity contribution in [1.29, 1.82) is 0 Å². The third kappa shape index (κ3) is 6.97. The van der Waals surface area contributed by atoms with E-state index in [0.29, 0.717) is 0 Å². The fourth-order valence-electron chi connectivity index (χ4n) is 2.40. The Balaban J connectivity index is 0.000000614. The topological polar surface area (TPSA) is 135 Å². The van der Waals surface area contributed by atoms with Crippen molar-refractivity contribution in [3.63, 3.8) is 0 Å². The fourth-order valence-corrected chi connectivity index (χ4v) is 4.72. The summed E-state index contributed by atoms with van der Waals surface area (Å²) in [6.07, 6.45) is 0. The van der Waals surface area contributed by atoms with Crippen molar-refractivity contribution in [3.8, 4) is 11.3 Å². The van der Waals surface area contributed by atoms with Crippen molar-refractivity contribution in [2.45, 2.75) is 4.90 Å². The summed E-state index contributed by atoms with van der Waals surface area (Å²) in [7, 11) is -2.91. The maximum Gasteiger partial charge on any atom is 0.330 e. The van der Waals surface area contributed by atoms with E-state index in [9.17, 15) is 8.42 Å². The summed E-state index contributed by atoms with van der Waals surface area (Å²) in [5.41, 5.74) is 2.50. The van der Waals surface area contributed by atoms with Gasteiger partial charge in [-0.05, 0) is 24.3 Å². The summed E-state index contributed by atoms with van der Waals surface area (Å²) in [5.74, 6) is 0. The normalized spacial score (nSPS) is 12.5. The van der Waals surface area contributed by atoms with Gasteiger partial charge < -0.3 is 4.57 Å². The molecule has 0 spiro atoms. The van der Waals surface area contributed by atoms with Gasteiger partial charge in [-0.15, -0.1) is 11.3 Å². The van der Waals surface area contributed by atoms with Gasteiger partial charge in [0.2, 0.25) is 10.0 Å². The Labute approximate surface area is 190 Å². The van der Waals surface area contributed by atoms with Crippen LogP contribution in [-0.4, -0.2) is 44.4 Å². The molecule has 9 nitrogen and oxygen atoms in total. The van der Waals surface area contributed by atoms with Crippen LogP contribution < -0.4 is 9.94 Å². The number of thiazole rings is 1. The van der Waals surface area contributed by atoms with Crippen molar-refractivity contribution in [2.75, 3.05) is 14.1 Å². The zero-order valence-corrected chi connectivity index (χ0v) is 20.0. The number of hydrogen-bond donors (Lipinski definition) is 2. The number of aromatic nitrogens is 1. The molecule has 0 saturated carbocycles. The number of rotatable bonds is 4. The Hall–Kier alpha value is -2.06. The van der Waals surface area contributed by atoms with E-state index in [1.54, 1.807) is 12.1 Å². The maximum atomic E-state index is 12.5. The molecule has 3 N–H and O–H groups in total. The van der Waals surface area contributed by atoms with Gasteiger partial charge in [-0.25, -0.2) is 22.9 Å². The first-order chi connectivity index (χ1) is 14.3. The zero-order chi connectivity index (χ0) is 23.4. The van der Waals surface area contributed by atoms with E-state index in [0.717, 1.165) is 26.1 Å². The monoisotopic (exact) mass is 504 g/mol. The summed E-state index contributed by atoms with van der Waals surface area (Å²) in [6.45, 7) is 0. The van der Waals surface area contributed by atoms with Gasteiger partial charge >= 0.3 is 10.3 Å². The highest BCUT2D eigenvalue weighted by molar-refractivity contribution is 7.89. The van der Waals surface area contributed by atoms with Crippen molar-refractivity contribution in [3.05, 3.63) is 63.7 Å². The quantitative estimate of drug-likeness (QED) is 0.526. The summed E-state index contributed by atoms with van der Waals surface area (Å²) in [6, 6.07) is 14.7. The molecule has 0 aliphatic rings. The van der Waals surface area contributed by atoms with Crippen molar-refractivity contribution >= 4 is 49.0 Å².